The number of amides is 1. The summed E-state index contributed by atoms with van der Waals surface area (Å²) >= 11 is 1.54. The van der Waals surface area contributed by atoms with Crippen LogP contribution in [-0.4, -0.2) is 42.0 Å². The highest BCUT2D eigenvalue weighted by Gasteiger charge is 2.23. The Balaban J connectivity index is 0.00000200. The van der Waals surface area contributed by atoms with Gasteiger partial charge in [0, 0.05) is 19.6 Å². The van der Waals surface area contributed by atoms with E-state index in [1.54, 1.807) is 11.3 Å². The van der Waals surface area contributed by atoms with E-state index in [2.05, 4.69) is 24.1 Å². The number of hydrogen-bond acceptors (Lipinski definition) is 4. The number of carbonyl (C=O) groups excluding carboxylic acids is 1. The standard InChI is InChI=1S/C14H23N3OS.2ClH/c1-10(2)9-12-13(19-11(3)16-12)14(18)17-7-4-5-15-6-8-17;;/h10,15H,4-9H2,1-3H3;2*1H. The molecule has 1 amide bonds. The highest BCUT2D eigenvalue weighted by molar-refractivity contribution is 7.13. The monoisotopic (exact) mass is 353 g/mol. The third kappa shape index (κ3) is 5.74. The second-order valence-corrected chi connectivity index (χ2v) is 6.71. The fourth-order valence-corrected chi connectivity index (χ4v) is 3.27. The number of hydrogen-bond donors (Lipinski definition) is 1. The molecule has 7 heteroatoms. The van der Waals surface area contributed by atoms with Crippen molar-refractivity contribution in [2.45, 2.75) is 33.6 Å². The van der Waals surface area contributed by atoms with Crippen molar-refractivity contribution >= 4 is 42.1 Å². The van der Waals surface area contributed by atoms with Gasteiger partial charge < -0.3 is 10.2 Å². The van der Waals surface area contributed by atoms with Crippen LogP contribution in [0.3, 0.4) is 0 Å². The predicted molar refractivity (Wildman–Crippen MR) is 93.3 cm³/mol. The first-order chi connectivity index (χ1) is 9.08. The van der Waals surface area contributed by atoms with Crippen LogP contribution in [0.25, 0.3) is 0 Å². The van der Waals surface area contributed by atoms with Crippen LogP contribution in [0, 0.1) is 12.8 Å². The molecule has 0 bridgehead atoms. The van der Waals surface area contributed by atoms with Crippen LogP contribution in [-0.2, 0) is 6.42 Å². The Kier molecular flexibility index (Phi) is 9.45. The molecule has 0 aromatic carbocycles. The molecule has 21 heavy (non-hydrogen) atoms. The third-order valence-electron chi connectivity index (χ3n) is 3.23. The number of nitrogens with one attached hydrogen (secondary N) is 1. The maximum absolute atomic E-state index is 12.6. The zero-order valence-electron chi connectivity index (χ0n) is 12.8. The average molecular weight is 354 g/mol. The first-order valence-electron chi connectivity index (χ1n) is 7.04. The molecule has 0 radical (unpaired) electrons. The van der Waals surface area contributed by atoms with Gasteiger partial charge in [-0.15, -0.1) is 36.2 Å². The van der Waals surface area contributed by atoms with Gasteiger partial charge in [0.15, 0.2) is 0 Å². The maximum atomic E-state index is 12.6. The molecule has 0 unspecified atom stereocenters. The van der Waals surface area contributed by atoms with Gasteiger partial charge in [0.1, 0.15) is 4.88 Å². The summed E-state index contributed by atoms with van der Waals surface area (Å²) in [5.74, 6) is 0.698. The summed E-state index contributed by atoms with van der Waals surface area (Å²) in [5.41, 5.74) is 0.986. The van der Waals surface area contributed by atoms with Gasteiger partial charge in [-0.25, -0.2) is 4.98 Å². The summed E-state index contributed by atoms with van der Waals surface area (Å²) in [6, 6.07) is 0. The van der Waals surface area contributed by atoms with E-state index in [0.29, 0.717) is 5.92 Å². The van der Waals surface area contributed by atoms with E-state index in [-0.39, 0.29) is 30.7 Å². The van der Waals surface area contributed by atoms with Crippen molar-refractivity contribution < 1.29 is 4.79 Å². The quantitative estimate of drug-likeness (QED) is 0.908. The molecule has 1 aliphatic heterocycles. The lowest BCUT2D eigenvalue weighted by atomic mass is 10.1. The fourth-order valence-electron chi connectivity index (χ4n) is 2.35. The van der Waals surface area contributed by atoms with Crippen LogP contribution in [0.15, 0.2) is 0 Å². The van der Waals surface area contributed by atoms with Crippen LogP contribution < -0.4 is 5.32 Å². The van der Waals surface area contributed by atoms with Gasteiger partial charge in [-0.3, -0.25) is 4.79 Å². The van der Waals surface area contributed by atoms with Gasteiger partial charge >= 0.3 is 0 Å². The zero-order valence-corrected chi connectivity index (χ0v) is 15.3. The Bertz CT molecular complexity index is 443. The zero-order chi connectivity index (χ0) is 13.8. The molecular weight excluding hydrogens is 329 g/mol. The minimum Gasteiger partial charge on any atom is -0.337 e. The Morgan fingerprint density at radius 2 is 2.05 bits per heavy atom. The SMILES string of the molecule is Cc1nc(CC(C)C)c(C(=O)N2CCCNCC2)s1.Cl.Cl. The first-order valence-corrected chi connectivity index (χ1v) is 7.86. The Morgan fingerprint density at radius 1 is 1.33 bits per heavy atom. The van der Waals surface area contributed by atoms with E-state index in [4.69, 9.17) is 0 Å². The number of aromatic nitrogens is 1. The van der Waals surface area contributed by atoms with Crippen molar-refractivity contribution in [2.24, 2.45) is 5.92 Å². The van der Waals surface area contributed by atoms with Gasteiger partial charge in [-0.2, -0.15) is 0 Å². The van der Waals surface area contributed by atoms with E-state index in [9.17, 15) is 4.79 Å². The Hall–Kier alpha value is -0.360. The normalized spacial score (nSPS) is 15.1. The summed E-state index contributed by atoms with van der Waals surface area (Å²) in [6.07, 6.45) is 1.92. The molecule has 0 saturated carbocycles. The van der Waals surface area contributed by atoms with Gasteiger partial charge in [0.25, 0.3) is 5.91 Å². The first kappa shape index (κ1) is 20.6. The molecular formula is C14H25Cl2N3OS. The number of halogens is 2. The van der Waals surface area contributed by atoms with Crippen molar-refractivity contribution in [3.63, 3.8) is 0 Å². The lowest BCUT2D eigenvalue weighted by molar-refractivity contribution is 0.0769. The molecule has 122 valence electrons. The molecule has 0 atom stereocenters. The number of rotatable bonds is 3. The predicted octanol–water partition coefficient (Wildman–Crippen LogP) is 2.93. The molecule has 1 N–H and O–H groups in total. The summed E-state index contributed by atoms with van der Waals surface area (Å²) in [7, 11) is 0. The molecule has 2 heterocycles. The van der Waals surface area contributed by atoms with Crippen molar-refractivity contribution in [1.29, 1.82) is 0 Å². The van der Waals surface area contributed by atoms with Gasteiger partial charge in [0.2, 0.25) is 0 Å². The minimum absolute atomic E-state index is 0. The van der Waals surface area contributed by atoms with Crippen LogP contribution in [0.1, 0.15) is 40.6 Å². The molecule has 2 rings (SSSR count). The summed E-state index contributed by atoms with van der Waals surface area (Å²) in [5, 5.41) is 4.32. The summed E-state index contributed by atoms with van der Waals surface area (Å²) < 4.78 is 0. The highest BCUT2D eigenvalue weighted by Crippen LogP contribution is 2.22. The maximum Gasteiger partial charge on any atom is 0.265 e. The lowest BCUT2D eigenvalue weighted by Crippen LogP contribution is -2.34. The second-order valence-electron chi connectivity index (χ2n) is 5.50. The van der Waals surface area contributed by atoms with E-state index in [1.165, 1.54) is 0 Å². The molecule has 0 spiro atoms. The van der Waals surface area contributed by atoms with Crippen LogP contribution in [0.5, 0.6) is 0 Å². The molecule has 1 fully saturated rings. The van der Waals surface area contributed by atoms with Gasteiger partial charge in [0.05, 0.1) is 10.7 Å². The fraction of sp³-hybridized carbons (Fsp3) is 0.714. The minimum atomic E-state index is 0. The number of nitrogens with zero attached hydrogens (tertiary/aromatic N) is 2. The second kappa shape index (κ2) is 9.62. The number of carbonyl (C=O) groups is 1. The number of aryl methyl sites for hydroxylation is 1. The van der Waals surface area contributed by atoms with Crippen molar-refractivity contribution in [2.75, 3.05) is 26.2 Å². The smallest absolute Gasteiger partial charge is 0.265 e. The molecule has 1 aromatic rings. The van der Waals surface area contributed by atoms with Gasteiger partial charge in [-0.05, 0) is 32.2 Å². The molecule has 1 aliphatic rings. The van der Waals surface area contributed by atoms with E-state index >= 15 is 0 Å². The molecule has 4 nitrogen and oxygen atoms in total. The summed E-state index contributed by atoms with van der Waals surface area (Å²) in [4.78, 5) is 20.0. The highest BCUT2D eigenvalue weighted by atomic mass is 35.5. The largest absolute Gasteiger partial charge is 0.337 e. The molecule has 1 saturated heterocycles. The van der Waals surface area contributed by atoms with E-state index < -0.39 is 0 Å². The van der Waals surface area contributed by atoms with Crippen LogP contribution in [0.4, 0.5) is 0 Å². The Labute approximate surface area is 143 Å². The summed E-state index contributed by atoms with van der Waals surface area (Å²) in [6.45, 7) is 9.86. The van der Waals surface area contributed by atoms with Crippen molar-refractivity contribution in [1.82, 2.24) is 15.2 Å². The Morgan fingerprint density at radius 3 is 2.71 bits per heavy atom. The number of thiazole rings is 1. The molecule has 1 aromatic heterocycles. The van der Waals surface area contributed by atoms with Crippen LogP contribution in [0.2, 0.25) is 0 Å². The lowest BCUT2D eigenvalue weighted by Gasteiger charge is -2.19. The van der Waals surface area contributed by atoms with E-state index in [1.807, 2.05) is 11.8 Å². The van der Waals surface area contributed by atoms with Crippen LogP contribution >= 0.6 is 36.2 Å². The van der Waals surface area contributed by atoms with Gasteiger partial charge in [-0.1, -0.05) is 13.8 Å². The third-order valence-corrected chi connectivity index (χ3v) is 4.23. The molecule has 0 aliphatic carbocycles. The average Bonchev–Trinajstić information content (AvgIpc) is 2.57. The van der Waals surface area contributed by atoms with Crippen molar-refractivity contribution in [3.8, 4) is 0 Å². The van der Waals surface area contributed by atoms with Crippen molar-refractivity contribution in [3.05, 3.63) is 15.6 Å². The topological polar surface area (TPSA) is 45.2 Å². The van der Waals surface area contributed by atoms with E-state index in [0.717, 1.165) is 54.6 Å².